The number of carbonyl (C=O) groups is 1. The quantitative estimate of drug-likeness (QED) is 0.554. The Morgan fingerprint density at radius 2 is 1.92 bits per heavy atom. The molecule has 0 bridgehead atoms. The number of thioether (sulfide) groups is 1. The third kappa shape index (κ3) is 2.81. The number of carboxylic acid groups (broad SMARTS) is 1. The van der Waals surface area contributed by atoms with E-state index in [0.717, 1.165) is 27.4 Å². The molecular weight excluding hydrogens is 324 g/mol. The molecule has 4 rings (SSSR count). The van der Waals surface area contributed by atoms with Crippen LogP contribution in [0.25, 0.3) is 22.1 Å². The lowest BCUT2D eigenvalue weighted by Crippen LogP contribution is -1.94. The van der Waals surface area contributed by atoms with Gasteiger partial charge in [0.05, 0.1) is 33.3 Å². The number of fused-ring (bicyclic) bond motifs is 2. The second-order valence-corrected chi connectivity index (χ2v) is 6.18. The molecule has 0 amide bonds. The van der Waals surface area contributed by atoms with Crippen molar-refractivity contribution in [2.24, 2.45) is 0 Å². The van der Waals surface area contributed by atoms with E-state index in [-0.39, 0.29) is 5.56 Å². The van der Waals surface area contributed by atoms with Gasteiger partial charge in [0.2, 0.25) is 0 Å². The average Bonchev–Trinajstić information content (AvgIpc) is 3.01. The molecule has 24 heavy (non-hydrogen) atoms. The maximum absolute atomic E-state index is 11.0. The average molecular weight is 336 g/mol. The topological polar surface area (TPSA) is 91.8 Å². The number of imidazole rings is 1. The van der Waals surface area contributed by atoms with Crippen molar-refractivity contribution in [1.82, 2.24) is 19.9 Å². The van der Waals surface area contributed by atoms with Gasteiger partial charge >= 0.3 is 5.97 Å². The zero-order valence-corrected chi connectivity index (χ0v) is 13.2. The van der Waals surface area contributed by atoms with E-state index >= 15 is 0 Å². The van der Waals surface area contributed by atoms with Gasteiger partial charge in [-0.05, 0) is 30.3 Å². The number of hydrogen-bond acceptors (Lipinski definition) is 5. The third-order valence-corrected chi connectivity index (χ3v) is 4.47. The fourth-order valence-corrected chi connectivity index (χ4v) is 3.16. The summed E-state index contributed by atoms with van der Waals surface area (Å²) in [4.78, 5) is 27.6. The molecule has 0 unspecified atom stereocenters. The lowest BCUT2D eigenvalue weighted by Gasteiger charge is -2.00. The van der Waals surface area contributed by atoms with Gasteiger partial charge in [-0.1, -0.05) is 23.9 Å². The molecule has 2 aromatic carbocycles. The van der Waals surface area contributed by atoms with Gasteiger partial charge in [-0.15, -0.1) is 0 Å². The molecule has 0 fully saturated rings. The van der Waals surface area contributed by atoms with Gasteiger partial charge in [0, 0.05) is 11.9 Å². The molecule has 4 aromatic rings. The first-order chi connectivity index (χ1) is 11.7. The zero-order valence-electron chi connectivity index (χ0n) is 12.4. The standard InChI is InChI=1S/C17H12N4O2S/c22-16(23)10-5-6-14-15(7-10)21-17(20-14)24-9-11-8-18-12-3-1-2-4-13(12)19-11/h1-8H,9H2,(H,20,21)(H,22,23). The Morgan fingerprint density at radius 3 is 2.75 bits per heavy atom. The van der Waals surface area contributed by atoms with Crippen molar-refractivity contribution in [3.8, 4) is 0 Å². The number of aromatic amines is 1. The number of aromatic nitrogens is 4. The van der Waals surface area contributed by atoms with Crippen LogP contribution in [0.1, 0.15) is 16.1 Å². The lowest BCUT2D eigenvalue weighted by atomic mass is 10.2. The summed E-state index contributed by atoms with van der Waals surface area (Å²) in [5.74, 6) is -0.323. The van der Waals surface area contributed by atoms with E-state index < -0.39 is 5.97 Å². The zero-order chi connectivity index (χ0) is 16.5. The van der Waals surface area contributed by atoms with E-state index in [1.807, 2.05) is 24.3 Å². The number of nitrogens with zero attached hydrogens (tertiary/aromatic N) is 3. The number of H-pyrrole nitrogens is 1. The highest BCUT2D eigenvalue weighted by atomic mass is 32.2. The molecule has 118 valence electrons. The molecular formula is C17H12N4O2S. The van der Waals surface area contributed by atoms with Gasteiger partial charge in [0.15, 0.2) is 5.16 Å². The number of rotatable bonds is 4. The number of carboxylic acids is 1. The van der Waals surface area contributed by atoms with Crippen molar-refractivity contribution in [2.45, 2.75) is 10.9 Å². The smallest absolute Gasteiger partial charge is 0.335 e. The van der Waals surface area contributed by atoms with Crippen LogP contribution in [-0.2, 0) is 5.75 Å². The molecule has 0 saturated carbocycles. The number of nitrogens with one attached hydrogen (secondary N) is 1. The molecule has 0 atom stereocenters. The van der Waals surface area contributed by atoms with E-state index in [2.05, 4.69) is 19.9 Å². The molecule has 0 aliphatic heterocycles. The first-order valence-electron chi connectivity index (χ1n) is 7.25. The van der Waals surface area contributed by atoms with E-state index in [1.54, 1.807) is 24.4 Å². The highest BCUT2D eigenvalue weighted by Gasteiger charge is 2.09. The summed E-state index contributed by atoms with van der Waals surface area (Å²) in [5, 5.41) is 9.76. The number of benzene rings is 2. The normalized spacial score (nSPS) is 11.2. The minimum absolute atomic E-state index is 0.239. The largest absolute Gasteiger partial charge is 0.478 e. The van der Waals surface area contributed by atoms with E-state index in [1.165, 1.54) is 11.8 Å². The Bertz CT molecular complexity index is 1060. The molecule has 0 aliphatic carbocycles. The van der Waals surface area contributed by atoms with Gasteiger partial charge in [-0.3, -0.25) is 4.98 Å². The highest BCUT2D eigenvalue weighted by molar-refractivity contribution is 7.98. The molecule has 2 heterocycles. The second-order valence-electron chi connectivity index (χ2n) is 5.22. The summed E-state index contributed by atoms with van der Waals surface area (Å²) in [6.07, 6.45) is 1.76. The molecule has 2 aromatic heterocycles. The monoisotopic (exact) mass is 336 g/mol. The van der Waals surface area contributed by atoms with Crippen LogP contribution in [0.5, 0.6) is 0 Å². The number of hydrogen-bond donors (Lipinski definition) is 2. The molecule has 2 N–H and O–H groups in total. The first-order valence-corrected chi connectivity index (χ1v) is 8.24. The van der Waals surface area contributed by atoms with Crippen molar-refractivity contribution in [2.75, 3.05) is 0 Å². The summed E-state index contributed by atoms with van der Waals surface area (Å²) in [7, 11) is 0. The Kier molecular flexibility index (Phi) is 3.62. The van der Waals surface area contributed by atoms with E-state index in [0.29, 0.717) is 11.3 Å². The fraction of sp³-hybridized carbons (Fsp3) is 0.0588. The SMILES string of the molecule is O=C(O)c1ccc2nc(SCc3cnc4ccccc4n3)[nH]c2c1. The van der Waals surface area contributed by atoms with Crippen molar-refractivity contribution in [3.63, 3.8) is 0 Å². The predicted molar refractivity (Wildman–Crippen MR) is 92.2 cm³/mol. The van der Waals surface area contributed by atoms with Crippen LogP contribution in [0.3, 0.4) is 0 Å². The molecule has 7 heteroatoms. The van der Waals surface area contributed by atoms with Crippen molar-refractivity contribution in [3.05, 3.63) is 59.9 Å². The highest BCUT2D eigenvalue weighted by Crippen LogP contribution is 2.23. The Labute approximate surface area is 141 Å². The minimum Gasteiger partial charge on any atom is -0.478 e. The Balaban J connectivity index is 1.56. The molecule has 6 nitrogen and oxygen atoms in total. The van der Waals surface area contributed by atoms with Crippen molar-refractivity contribution < 1.29 is 9.90 Å². The van der Waals surface area contributed by atoms with Crippen LogP contribution in [-0.4, -0.2) is 31.0 Å². The Morgan fingerprint density at radius 1 is 1.08 bits per heavy atom. The minimum atomic E-state index is -0.952. The molecule has 0 spiro atoms. The van der Waals surface area contributed by atoms with Gasteiger partial charge < -0.3 is 10.1 Å². The van der Waals surface area contributed by atoms with Crippen LogP contribution in [0.15, 0.2) is 53.8 Å². The van der Waals surface area contributed by atoms with E-state index in [4.69, 9.17) is 5.11 Å². The van der Waals surface area contributed by atoms with Crippen LogP contribution >= 0.6 is 11.8 Å². The van der Waals surface area contributed by atoms with Gasteiger partial charge in [0.1, 0.15) is 0 Å². The van der Waals surface area contributed by atoms with Crippen LogP contribution in [0.2, 0.25) is 0 Å². The summed E-state index contributed by atoms with van der Waals surface area (Å²) in [6.45, 7) is 0. The van der Waals surface area contributed by atoms with E-state index in [9.17, 15) is 4.79 Å². The van der Waals surface area contributed by atoms with Crippen LogP contribution in [0.4, 0.5) is 0 Å². The summed E-state index contributed by atoms with van der Waals surface area (Å²) < 4.78 is 0. The first kappa shape index (κ1) is 14.6. The van der Waals surface area contributed by atoms with Gasteiger partial charge in [-0.25, -0.2) is 14.8 Å². The maximum atomic E-state index is 11.0. The van der Waals surface area contributed by atoms with Crippen molar-refractivity contribution >= 4 is 39.8 Å². The third-order valence-electron chi connectivity index (χ3n) is 3.56. The molecule has 0 aliphatic rings. The Hall–Kier alpha value is -2.93. The van der Waals surface area contributed by atoms with Crippen LogP contribution in [0, 0.1) is 0 Å². The van der Waals surface area contributed by atoms with Gasteiger partial charge in [-0.2, -0.15) is 0 Å². The summed E-state index contributed by atoms with van der Waals surface area (Å²) in [6, 6.07) is 12.6. The summed E-state index contributed by atoms with van der Waals surface area (Å²) >= 11 is 1.51. The maximum Gasteiger partial charge on any atom is 0.335 e. The fourth-order valence-electron chi connectivity index (χ4n) is 2.39. The van der Waals surface area contributed by atoms with Crippen LogP contribution < -0.4 is 0 Å². The number of aromatic carboxylic acids is 1. The summed E-state index contributed by atoms with van der Waals surface area (Å²) in [5.41, 5.74) is 4.30. The molecule has 0 saturated heterocycles. The molecule has 0 radical (unpaired) electrons. The number of para-hydroxylation sites is 2. The predicted octanol–water partition coefficient (Wildman–Crippen LogP) is 3.50. The van der Waals surface area contributed by atoms with Gasteiger partial charge in [0.25, 0.3) is 0 Å². The van der Waals surface area contributed by atoms with Crippen molar-refractivity contribution in [1.29, 1.82) is 0 Å². The lowest BCUT2D eigenvalue weighted by molar-refractivity contribution is 0.0697. The second kappa shape index (κ2) is 5.93.